The van der Waals surface area contributed by atoms with Crippen LogP contribution in [0.1, 0.15) is 17.9 Å². The minimum Gasteiger partial charge on any atom is -0.368 e. The molecule has 1 N–H and O–H groups in total. The highest BCUT2D eigenvalue weighted by Gasteiger charge is 2.40. The monoisotopic (exact) mass is 241 g/mol. The van der Waals surface area contributed by atoms with Gasteiger partial charge in [-0.05, 0) is 11.6 Å². The van der Waals surface area contributed by atoms with Gasteiger partial charge in [0.2, 0.25) is 6.04 Å². The van der Waals surface area contributed by atoms with Gasteiger partial charge >= 0.3 is 0 Å². The molecule has 1 saturated heterocycles. The third-order valence-electron chi connectivity index (χ3n) is 2.95. The van der Waals surface area contributed by atoms with Crippen molar-refractivity contribution in [2.45, 2.75) is 24.7 Å². The lowest BCUT2D eigenvalue weighted by atomic mass is 9.87. The zero-order valence-electron chi connectivity index (χ0n) is 8.95. The molecule has 17 heavy (non-hydrogen) atoms. The third-order valence-corrected chi connectivity index (χ3v) is 2.95. The Hall–Kier alpha value is -1.53. The van der Waals surface area contributed by atoms with Crippen LogP contribution >= 0.6 is 0 Å². The Morgan fingerprint density at radius 3 is 2.82 bits per heavy atom. The molecular formula is C11H12FNO4. The van der Waals surface area contributed by atoms with Crippen molar-refractivity contribution < 1.29 is 19.2 Å². The van der Waals surface area contributed by atoms with Gasteiger partial charge < -0.3 is 9.84 Å². The lowest BCUT2D eigenvalue weighted by Crippen LogP contribution is -2.41. The summed E-state index contributed by atoms with van der Waals surface area (Å²) in [5, 5.41) is 20.2. The largest absolute Gasteiger partial charge is 0.368 e. The van der Waals surface area contributed by atoms with Gasteiger partial charge in [0.15, 0.2) is 6.29 Å². The molecule has 3 atom stereocenters. The molecule has 0 aromatic heterocycles. The molecule has 1 aromatic rings. The molecule has 1 heterocycles. The summed E-state index contributed by atoms with van der Waals surface area (Å²) < 4.78 is 18.4. The summed E-state index contributed by atoms with van der Waals surface area (Å²) in [5.41, 5.74) is 0.261. The van der Waals surface area contributed by atoms with Crippen LogP contribution in [0.2, 0.25) is 0 Å². The minimum absolute atomic E-state index is 0.0343. The fraction of sp³-hybridized carbons (Fsp3) is 0.455. The van der Waals surface area contributed by atoms with Crippen molar-refractivity contribution in [3.63, 3.8) is 0 Å². The second kappa shape index (κ2) is 4.77. The van der Waals surface area contributed by atoms with Gasteiger partial charge in [0.25, 0.3) is 0 Å². The van der Waals surface area contributed by atoms with Gasteiger partial charge in [0.05, 0.1) is 5.92 Å². The number of aliphatic hydroxyl groups is 1. The van der Waals surface area contributed by atoms with Gasteiger partial charge in [-0.15, -0.1) is 0 Å². The smallest absolute Gasteiger partial charge is 0.243 e. The van der Waals surface area contributed by atoms with Crippen molar-refractivity contribution in [3.05, 3.63) is 45.8 Å². The predicted molar refractivity (Wildman–Crippen MR) is 56.5 cm³/mol. The van der Waals surface area contributed by atoms with Gasteiger partial charge in [0.1, 0.15) is 12.4 Å². The van der Waals surface area contributed by atoms with Gasteiger partial charge in [-0.3, -0.25) is 10.1 Å². The average Bonchev–Trinajstić information content (AvgIpc) is 2.29. The zero-order valence-corrected chi connectivity index (χ0v) is 8.95. The highest BCUT2D eigenvalue weighted by molar-refractivity contribution is 5.23. The van der Waals surface area contributed by atoms with Crippen LogP contribution in [0.3, 0.4) is 0 Å². The van der Waals surface area contributed by atoms with Crippen LogP contribution in [0.4, 0.5) is 4.39 Å². The fourth-order valence-electron chi connectivity index (χ4n) is 2.09. The van der Waals surface area contributed by atoms with E-state index in [1.165, 1.54) is 18.2 Å². The SMILES string of the molecule is O=[N+]([O-])[C@@H]1COC(O)C[C@H]1c1ccccc1F. The van der Waals surface area contributed by atoms with Crippen LogP contribution in [0.25, 0.3) is 0 Å². The predicted octanol–water partition coefficient (Wildman–Crippen LogP) is 1.29. The third kappa shape index (κ3) is 2.42. The Bertz CT molecular complexity index is 426. The summed E-state index contributed by atoms with van der Waals surface area (Å²) in [6.45, 7) is -0.201. The molecular weight excluding hydrogens is 229 g/mol. The Balaban J connectivity index is 2.32. The van der Waals surface area contributed by atoms with Crippen molar-refractivity contribution in [3.8, 4) is 0 Å². The molecule has 6 heteroatoms. The first-order chi connectivity index (χ1) is 8.09. The number of halogens is 1. The topological polar surface area (TPSA) is 72.6 Å². The molecule has 2 rings (SSSR count). The zero-order chi connectivity index (χ0) is 12.4. The van der Waals surface area contributed by atoms with E-state index in [1.54, 1.807) is 6.07 Å². The van der Waals surface area contributed by atoms with Crippen LogP contribution in [0, 0.1) is 15.9 Å². The van der Waals surface area contributed by atoms with E-state index >= 15 is 0 Å². The van der Waals surface area contributed by atoms with E-state index in [0.29, 0.717) is 0 Å². The van der Waals surface area contributed by atoms with Gasteiger partial charge in [-0.2, -0.15) is 0 Å². The maximum absolute atomic E-state index is 13.6. The molecule has 0 amide bonds. The van der Waals surface area contributed by atoms with Crippen molar-refractivity contribution in [2.75, 3.05) is 6.61 Å². The van der Waals surface area contributed by atoms with Gasteiger partial charge in [0, 0.05) is 11.3 Å². The van der Waals surface area contributed by atoms with Crippen molar-refractivity contribution in [2.24, 2.45) is 0 Å². The fourth-order valence-corrected chi connectivity index (χ4v) is 2.09. The summed E-state index contributed by atoms with van der Waals surface area (Å²) in [6, 6.07) is 4.89. The van der Waals surface area contributed by atoms with E-state index in [4.69, 9.17) is 4.74 Å². The molecule has 92 valence electrons. The maximum Gasteiger partial charge on any atom is 0.243 e. The summed E-state index contributed by atoms with van der Waals surface area (Å²) >= 11 is 0. The van der Waals surface area contributed by atoms with Crippen LogP contribution in [-0.2, 0) is 4.74 Å². The van der Waals surface area contributed by atoms with Crippen LogP contribution in [0.15, 0.2) is 24.3 Å². The van der Waals surface area contributed by atoms with E-state index in [9.17, 15) is 19.6 Å². The maximum atomic E-state index is 13.6. The van der Waals surface area contributed by atoms with E-state index < -0.39 is 29.0 Å². The first-order valence-electron chi connectivity index (χ1n) is 5.27. The van der Waals surface area contributed by atoms with E-state index in [-0.39, 0.29) is 18.6 Å². The van der Waals surface area contributed by atoms with Crippen LogP contribution in [0.5, 0.6) is 0 Å². The molecule has 5 nitrogen and oxygen atoms in total. The normalized spacial score (nSPS) is 28.9. The number of aliphatic hydroxyl groups excluding tert-OH is 1. The summed E-state index contributed by atoms with van der Waals surface area (Å²) in [7, 11) is 0. The summed E-state index contributed by atoms with van der Waals surface area (Å²) in [4.78, 5) is 10.4. The molecule has 1 aliphatic heterocycles. The second-order valence-electron chi connectivity index (χ2n) is 4.00. The molecule has 0 aliphatic carbocycles. The minimum atomic E-state index is -1.07. The van der Waals surface area contributed by atoms with E-state index in [1.807, 2.05) is 0 Å². The second-order valence-corrected chi connectivity index (χ2v) is 4.00. The summed E-state index contributed by atoms with van der Waals surface area (Å²) in [6.07, 6.45) is -1.04. The lowest BCUT2D eigenvalue weighted by molar-refractivity contribution is -0.538. The Kier molecular flexibility index (Phi) is 3.35. The number of nitrogens with zero attached hydrogens (tertiary/aromatic N) is 1. The molecule has 0 bridgehead atoms. The average molecular weight is 241 g/mol. The van der Waals surface area contributed by atoms with Crippen LogP contribution < -0.4 is 0 Å². The first-order valence-corrected chi connectivity index (χ1v) is 5.27. The van der Waals surface area contributed by atoms with Gasteiger partial charge in [-0.25, -0.2) is 4.39 Å². The molecule has 1 fully saturated rings. The number of benzene rings is 1. The highest BCUT2D eigenvalue weighted by atomic mass is 19.1. The van der Waals surface area contributed by atoms with Crippen molar-refractivity contribution >= 4 is 0 Å². The van der Waals surface area contributed by atoms with Crippen molar-refractivity contribution in [1.82, 2.24) is 0 Å². The van der Waals surface area contributed by atoms with Gasteiger partial charge in [-0.1, -0.05) is 18.2 Å². The first kappa shape index (κ1) is 11.9. The molecule has 1 aromatic carbocycles. The Morgan fingerprint density at radius 1 is 1.47 bits per heavy atom. The Morgan fingerprint density at radius 2 is 2.18 bits per heavy atom. The molecule has 0 radical (unpaired) electrons. The van der Waals surface area contributed by atoms with E-state index in [0.717, 1.165) is 0 Å². The summed E-state index contributed by atoms with van der Waals surface area (Å²) in [5.74, 6) is -1.15. The number of rotatable bonds is 2. The molecule has 0 spiro atoms. The molecule has 1 aliphatic rings. The number of nitro groups is 1. The Labute approximate surface area is 97.0 Å². The van der Waals surface area contributed by atoms with Crippen molar-refractivity contribution in [1.29, 1.82) is 0 Å². The quantitative estimate of drug-likeness (QED) is 0.625. The molecule has 1 unspecified atom stereocenters. The number of hydrogen-bond donors (Lipinski definition) is 1. The van der Waals surface area contributed by atoms with Crippen LogP contribution in [-0.4, -0.2) is 29.0 Å². The number of hydrogen-bond acceptors (Lipinski definition) is 4. The molecule has 0 saturated carbocycles. The number of ether oxygens (including phenoxy) is 1. The lowest BCUT2D eigenvalue weighted by Gasteiger charge is -2.29. The highest BCUT2D eigenvalue weighted by Crippen LogP contribution is 2.32. The standard InChI is InChI=1S/C11H12FNO4/c12-9-4-2-1-3-7(9)8-5-11(14)17-6-10(8)13(15)16/h1-4,8,10-11,14H,5-6H2/t8-,10+,11?/m0/s1. The van der Waals surface area contributed by atoms with E-state index in [2.05, 4.69) is 0 Å².